The molecule has 0 fully saturated rings. The fourth-order valence-corrected chi connectivity index (χ4v) is 2.83. The van der Waals surface area contributed by atoms with Crippen molar-refractivity contribution in [2.24, 2.45) is 0 Å². The number of hydrogen-bond donors (Lipinski definition) is 0. The van der Waals surface area contributed by atoms with Crippen LogP contribution in [0.25, 0.3) is 0 Å². The van der Waals surface area contributed by atoms with Crippen LogP contribution in [-0.2, 0) is 22.4 Å². The van der Waals surface area contributed by atoms with Gasteiger partial charge in [0, 0.05) is 23.7 Å². The van der Waals surface area contributed by atoms with E-state index in [1.807, 2.05) is 4.90 Å². The number of nitrogens with zero attached hydrogens (tertiary/aromatic N) is 1. The molecular formula is C15H20BrNO2. The van der Waals surface area contributed by atoms with Crippen LogP contribution >= 0.6 is 15.9 Å². The Morgan fingerprint density at radius 1 is 1.47 bits per heavy atom. The molecule has 3 nitrogen and oxygen atoms in total. The molecule has 1 aliphatic rings. The third-order valence-corrected chi connectivity index (χ3v) is 3.51. The van der Waals surface area contributed by atoms with E-state index in [4.69, 9.17) is 4.74 Å². The Morgan fingerprint density at radius 2 is 2.21 bits per heavy atom. The first kappa shape index (κ1) is 14.5. The number of benzene rings is 1. The molecule has 1 aromatic carbocycles. The first-order valence-corrected chi connectivity index (χ1v) is 7.30. The first-order valence-electron chi connectivity index (χ1n) is 6.51. The average Bonchev–Trinajstić information content (AvgIpc) is 2.70. The molecule has 4 heteroatoms. The molecule has 0 N–H and O–H groups in total. The predicted octanol–water partition coefficient (Wildman–Crippen LogP) is 2.94. The highest BCUT2D eigenvalue weighted by molar-refractivity contribution is 9.10. The van der Waals surface area contributed by atoms with Gasteiger partial charge in [-0.3, -0.25) is 4.79 Å². The van der Waals surface area contributed by atoms with E-state index in [0.29, 0.717) is 0 Å². The summed E-state index contributed by atoms with van der Waals surface area (Å²) in [6.07, 6.45) is 1.91. The van der Waals surface area contributed by atoms with Crippen molar-refractivity contribution in [3.63, 3.8) is 0 Å². The molecule has 0 radical (unpaired) electrons. The van der Waals surface area contributed by atoms with Gasteiger partial charge in [0.2, 0.25) is 0 Å². The van der Waals surface area contributed by atoms with Gasteiger partial charge in [0.15, 0.2) is 0 Å². The lowest BCUT2D eigenvalue weighted by atomic mass is 10.00. The summed E-state index contributed by atoms with van der Waals surface area (Å²) in [4.78, 5) is 13.7. The van der Waals surface area contributed by atoms with Gasteiger partial charge in [-0.2, -0.15) is 0 Å². The number of carbonyl (C=O) groups excluding carboxylic acids is 1. The lowest BCUT2D eigenvalue weighted by molar-refractivity contribution is -0.122. The van der Waals surface area contributed by atoms with Gasteiger partial charge in [0.1, 0.15) is 6.61 Å². The summed E-state index contributed by atoms with van der Waals surface area (Å²) in [6, 6.07) is 6.39. The van der Waals surface area contributed by atoms with Crippen LogP contribution in [-0.4, -0.2) is 30.5 Å². The number of anilines is 1. The number of carbonyl (C=O) groups is 1. The maximum absolute atomic E-state index is 11.9. The number of halogens is 1. The summed E-state index contributed by atoms with van der Waals surface area (Å²) in [5.74, 6) is 0.0369. The van der Waals surface area contributed by atoms with Gasteiger partial charge in [-0.15, -0.1) is 0 Å². The van der Waals surface area contributed by atoms with Crippen molar-refractivity contribution in [1.29, 1.82) is 0 Å². The largest absolute Gasteiger partial charge is 0.375 e. The zero-order valence-corrected chi connectivity index (χ0v) is 13.3. The number of rotatable bonds is 4. The molecule has 0 atom stereocenters. The van der Waals surface area contributed by atoms with E-state index >= 15 is 0 Å². The monoisotopic (exact) mass is 325 g/mol. The van der Waals surface area contributed by atoms with Gasteiger partial charge in [-0.05, 0) is 43.9 Å². The van der Waals surface area contributed by atoms with E-state index in [9.17, 15) is 4.79 Å². The number of alkyl halides is 1. The standard InChI is InChI=1S/C15H20BrNO2/c1-15(2,16)9-11-4-5-13-12(8-11)6-7-17(13)14(18)10-19-3/h4-5,8H,6-7,9-10H2,1-3H3. The second kappa shape index (κ2) is 5.63. The van der Waals surface area contributed by atoms with E-state index < -0.39 is 0 Å². The van der Waals surface area contributed by atoms with Crippen molar-refractivity contribution in [2.75, 3.05) is 25.2 Å². The van der Waals surface area contributed by atoms with Gasteiger partial charge in [-0.25, -0.2) is 0 Å². The maximum Gasteiger partial charge on any atom is 0.252 e. The lowest BCUT2D eigenvalue weighted by Gasteiger charge is -2.19. The van der Waals surface area contributed by atoms with Crippen LogP contribution in [0.3, 0.4) is 0 Å². The molecule has 1 aromatic rings. The highest BCUT2D eigenvalue weighted by Gasteiger charge is 2.25. The summed E-state index contributed by atoms with van der Waals surface area (Å²) < 4.78 is 5.03. The molecule has 2 rings (SSSR count). The minimum Gasteiger partial charge on any atom is -0.375 e. The van der Waals surface area contributed by atoms with Crippen LogP contribution in [0.5, 0.6) is 0 Å². The molecule has 1 amide bonds. The Morgan fingerprint density at radius 3 is 2.84 bits per heavy atom. The highest BCUT2D eigenvalue weighted by Crippen LogP contribution is 2.31. The summed E-state index contributed by atoms with van der Waals surface area (Å²) in [5, 5.41) is 0. The zero-order valence-electron chi connectivity index (χ0n) is 11.7. The maximum atomic E-state index is 11.9. The van der Waals surface area contributed by atoms with Crippen LogP contribution in [0.15, 0.2) is 18.2 Å². The normalized spacial score (nSPS) is 14.6. The Labute approximate surface area is 123 Å². The van der Waals surface area contributed by atoms with Crippen molar-refractivity contribution >= 4 is 27.5 Å². The summed E-state index contributed by atoms with van der Waals surface area (Å²) in [6.45, 7) is 5.23. The number of fused-ring (bicyclic) bond motifs is 1. The van der Waals surface area contributed by atoms with Crippen molar-refractivity contribution in [3.05, 3.63) is 29.3 Å². The second-order valence-electron chi connectivity index (χ2n) is 5.59. The number of hydrogen-bond acceptors (Lipinski definition) is 2. The molecule has 0 aliphatic carbocycles. The van der Waals surface area contributed by atoms with E-state index in [-0.39, 0.29) is 16.8 Å². The zero-order chi connectivity index (χ0) is 14.0. The van der Waals surface area contributed by atoms with Crippen molar-refractivity contribution in [3.8, 4) is 0 Å². The Kier molecular flexibility index (Phi) is 4.31. The van der Waals surface area contributed by atoms with E-state index in [1.54, 1.807) is 7.11 Å². The average molecular weight is 326 g/mol. The Bertz CT molecular complexity index is 480. The molecule has 104 valence electrons. The molecule has 1 heterocycles. The van der Waals surface area contributed by atoms with Gasteiger partial charge >= 0.3 is 0 Å². The van der Waals surface area contributed by atoms with E-state index in [1.165, 1.54) is 11.1 Å². The topological polar surface area (TPSA) is 29.5 Å². The predicted molar refractivity (Wildman–Crippen MR) is 81.1 cm³/mol. The van der Waals surface area contributed by atoms with Crippen molar-refractivity contribution in [1.82, 2.24) is 0 Å². The van der Waals surface area contributed by atoms with Gasteiger partial charge in [0.05, 0.1) is 0 Å². The summed E-state index contributed by atoms with van der Waals surface area (Å²) in [5.41, 5.74) is 3.61. The Balaban J connectivity index is 2.18. The molecular weight excluding hydrogens is 306 g/mol. The van der Waals surface area contributed by atoms with Gasteiger partial charge < -0.3 is 9.64 Å². The van der Waals surface area contributed by atoms with Crippen LogP contribution in [0.4, 0.5) is 5.69 Å². The molecule has 0 saturated heterocycles. The third-order valence-electron chi connectivity index (χ3n) is 3.23. The fourth-order valence-electron chi connectivity index (χ4n) is 2.51. The SMILES string of the molecule is COCC(=O)N1CCc2cc(CC(C)(C)Br)ccc21. The summed E-state index contributed by atoms with van der Waals surface area (Å²) in [7, 11) is 1.55. The van der Waals surface area contributed by atoms with Crippen LogP contribution in [0, 0.1) is 0 Å². The Hall–Kier alpha value is -0.870. The molecule has 0 saturated carbocycles. The van der Waals surface area contributed by atoms with E-state index in [2.05, 4.69) is 48.0 Å². The minimum atomic E-state index is 0.0369. The number of ether oxygens (including phenoxy) is 1. The summed E-state index contributed by atoms with van der Waals surface area (Å²) >= 11 is 3.67. The second-order valence-corrected chi connectivity index (χ2v) is 7.73. The molecule has 0 spiro atoms. The molecule has 1 aliphatic heterocycles. The van der Waals surface area contributed by atoms with Crippen molar-refractivity contribution in [2.45, 2.75) is 31.0 Å². The quantitative estimate of drug-likeness (QED) is 0.796. The lowest BCUT2D eigenvalue weighted by Crippen LogP contribution is -2.31. The molecule has 19 heavy (non-hydrogen) atoms. The molecule has 0 aromatic heterocycles. The van der Waals surface area contributed by atoms with Gasteiger partial charge in [0.25, 0.3) is 5.91 Å². The highest BCUT2D eigenvalue weighted by atomic mass is 79.9. The van der Waals surface area contributed by atoms with Crippen LogP contribution in [0.1, 0.15) is 25.0 Å². The minimum absolute atomic E-state index is 0.0369. The first-order chi connectivity index (χ1) is 8.90. The van der Waals surface area contributed by atoms with Gasteiger partial charge in [-0.1, -0.05) is 28.1 Å². The molecule has 0 unspecified atom stereocenters. The molecule has 0 bridgehead atoms. The third kappa shape index (κ3) is 3.57. The van der Waals surface area contributed by atoms with E-state index in [0.717, 1.165) is 25.1 Å². The van der Waals surface area contributed by atoms with Crippen LogP contribution < -0.4 is 4.90 Å². The number of amides is 1. The van der Waals surface area contributed by atoms with Crippen LogP contribution in [0.2, 0.25) is 0 Å². The fraction of sp³-hybridized carbons (Fsp3) is 0.533. The smallest absolute Gasteiger partial charge is 0.252 e. The number of methoxy groups -OCH3 is 1. The van der Waals surface area contributed by atoms with Crippen molar-refractivity contribution < 1.29 is 9.53 Å².